The van der Waals surface area contributed by atoms with Crippen molar-refractivity contribution in [1.82, 2.24) is 9.55 Å². The molecule has 0 saturated heterocycles. The Morgan fingerprint density at radius 1 is 1.11 bits per heavy atom. The number of ether oxygens (including phenoxy) is 1. The normalized spacial score (nSPS) is 21.9. The lowest BCUT2D eigenvalue weighted by atomic mass is 9.72. The molecule has 0 spiro atoms. The Labute approximate surface area is 156 Å². The summed E-state index contributed by atoms with van der Waals surface area (Å²) in [6.07, 6.45) is 1.72. The Balaban J connectivity index is 1.74. The lowest BCUT2D eigenvalue weighted by molar-refractivity contribution is 0.265. The van der Waals surface area contributed by atoms with Crippen molar-refractivity contribution >= 4 is 22.7 Å². The molecule has 3 aromatic rings. The zero-order valence-electron chi connectivity index (χ0n) is 15.2. The average molecular weight is 357 g/mol. The summed E-state index contributed by atoms with van der Waals surface area (Å²) in [7, 11) is 0. The quantitative estimate of drug-likeness (QED) is 0.623. The smallest absolute Gasteiger partial charge is 0.231 e. The maximum Gasteiger partial charge on any atom is 0.231 e. The van der Waals surface area contributed by atoms with Gasteiger partial charge in [0.25, 0.3) is 0 Å². The Hall–Kier alpha value is -3.08. The first-order valence-corrected chi connectivity index (χ1v) is 9.29. The molecule has 1 aromatic heterocycles. The number of benzene rings is 2. The third-order valence-electron chi connectivity index (χ3n) is 5.78. The van der Waals surface area contributed by atoms with Gasteiger partial charge in [0.2, 0.25) is 5.95 Å². The van der Waals surface area contributed by atoms with Gasteiger partial charge in [-0.05, 0) is 30.0 Å². The molecule has 1 unspecified atom stereocenters. The van der Waals surface area contributed by atoms with Crippen molar-refractivity contribution in [3.63, 3.8) is 0 Å². The number of para-hydroxylation sites is 3. The van der Waals surface area contributed by atoms with Gasteiger partial charge in [-0.25, -0.2) is 9.98 Å². The van der Waals surface area contributed by atoms with Crippen LogP contribution in [0.1, 0.15) is 38.3 Å². The highest BCUT2D eigenvalue weighted by molar-refractivity contribution is 6.06. The van der Waals surface area contributed by atoms with E-state index >= 15 is 0 Å². The molecule has 2 aliphatic heterocycles. The van der Waals surface area contributed by atoms with Crippen LogP contribution in [0, 0.1) is 5.41 Å². The van der Waals surface area contributed by atoms with Gasteiger partial charge in [0.05, 0.1) is 22.8 Å². The number of fused-ring (bicyclic) bond motifs is 6. The van der Waals surface area contributed by atoms with Gasteiger partial charge in [-0.1, -0.05) is 38.1 Å². The second-order valence-corrected chi connectivity index (χ2v) is 8.38. The van der Waals surface area contributed by atoms with Crippen LogP contribution in [-0.2, 0) is 0 Å². The molecule has 2 aromatic carbocycles. The molecule has 6 rings (SSSR count). The van der Waals surface area contributed by atoms with E-state index in [9.17, 15) is 5.11 Å². The van der Waals surface area contributed by atoms with Gasteiger partial charge < -0.3 is 9.84 Å². The van der Waals surface area contributed by atoms with E-state index in [4.69, 9.17) is 14.7 Å². The van der Waals surface area contributed by atoms with Crippen LogP contribution in [0.15, 0.2) is 58.8 Å². The first kappa shape index (κ1) is 15.0. The Bertz CT molecular complexity index is 1200. The number of aromatic nitrogens is 2. The van der Waals surface area contributed by atoms with Crippen LogP contribution < -0.4 is 4.74 Å². The van der Waals surface area contributed by atoms with Gasteiger partial charge in [0.1, 0.15) is 5.76 Å². The first-order valence-electron chi connectivity index (χ1n) is 9.29. The monoisotopic (exact) mass is 357 g/mol. The summed E-state index contributed by atoms with van der Waals surface area (Å²) < 4.78 is 8.45. The average Bonchev–Trinajstić information content (AvgIpc) is 2.99. The van der Waals surface area contributed by atoms with E-state index < -0.39 is 0 Å². The van der Waals surface area contributed by atoms with Gasteiger partial charge in [-0.2, -0.15) is 0 Å². The highest BCUT2D eigenvalue weighted by Crippen LogP contribution is 2.54. The molecule has 134 valence electrons. The molecule has 3 aliphatic rings. The number of rotatable bonds is 0. The van der Waals surface area contributed by atoms with Crippen LogP contribution in [0.4, 0.5) is 5.95 Å². The molecule has 0 radical (unpaired) electrons. The second kappa shape index (κ2) is 4.80. The van der Waals surface area contributed by atoms with Crippen molar-refractivity contribution in [2.45, 2.75) is 32.7 Å². The lowest BCUT2D eigenvalue weighted by Crippen LogP contribution is -2.36. The molecule has 0 fully saturated rings. The van der Waals surface area contributed by atoms with Crippen molar-refractivity contribution < 1.29 is 9.84 Å². The zero-order chi connectivity index (χ0) is 18.3. The van der Waals surface area contributed by atoms with E-state index in [0.717, 1.165) is 52.4 Å². The third kappa shape index (κ3) is 1.94. The van der Waals surface area contributed by atoms with Gasteiger partial charge in [0.15, 0.2) is 11.5 Å². The number of phenolic OH excluding ortho intramolecular Hbond substituents is 1. The maximum absolute atomic E-state index is 10.5. The van der Waals surface area contributed by atoms with Gasteiger partial charge in [0, 0.05) is 17.6 Å². The standard InChI is InChI=1S/C22H19N3O2/c1-22(2)10-14-18-17(11-22)27-20-12(6-5-9-16(20)26)19(18)25-15-8-4-3-7-13(15)23-21(25)24-14/h3-9,19,26H,10-11H2,1-2H3. The SMILES string of the molecule is CC1(C)CC2=Nc3nc4ccccc4n3C3C2=C(C1)Oc1c(O)cccc13. The summed E-state index contributed by atoms with van der Waals surface area (Å²) in [5.41, 5.74) is 5.20. The summed E-state index contributed by atoms with van der Waals surface area (Å²) in [6.45, 7) is 4.46. The van der Waals surface area contributed by atoms with Crippen molar-refractivity contribution in [2.24, 2.45) is 10.4 Å². The molecule has 5 nitrogen and oxygen atoms in total. The fourth-order valence-electron chi connectivity index (χ4n) is 4.70. The highest BCUT2D eigenvalue weighted by Gasteiger charge is 2.44. The number of nitrogens with zero attached hydrogens (tertiary/aromatic N) is 3. The van der Waals surface area contributed by atoms with Crippen LogP contribution in [0.2, 0.25) is 0 Å². The molecule has 3 heterocycles. The van der Waals surface area contributed by atoms with Crippen LogP contribution in [0.5, 0.6) is 11.5 Å². The fraction of sp³-hybridized carbons (Fsp3) is 0.273. The lowest BCUT2D eigenvalue weighted by Gasteiger charge is -2.42. The van der Waals surface area contributed by atoms with E-state index in [2.05, 4.69) is 24.5 Å². The minimum Gasteiger partial charge on any atom is -0.504 e. The van der Waals surface area contributed by atoms with E-state index in [1.807, 2.05) is 30.3 Å². The van der Waals surface area contributed by atoms with Gasteiger partial charge in [-0.15, -0.1) is 0 Å². The predicted octanol–water partition coefficient (Wildman–Crippen LogP) is 4.88. The summed E-state index contributed by atoms with van der Waals surface area (Å²) in [6, 6.07) is 13.6. The van der Waals surface area contributed by atoms with E-state index in [0.29, 0.717) is 5.75 Å². The Morgan fingerprint density at radius 2 is 1.96 bits per heavy atom. The fourth-order valence-corrected chi connectivity index (χ4v) is 4.70. The Morgan fingerprint density at radius 3 is 2.85 bits per heavy atom. The van der Waals surface area contributed by atoms with Crippen LogP contribution in [0.3, 0.4) is 0 Å². The molecule has 5 heteroatoms. The van der Waals surface area contributed by atoms with Crippen LogP contribution >= 0.6 is 0 Å². The molecule has 1 aliphatic carbocycles. The number of aliphatic imine (C=N–C) groups is 1. The molecule has 0 saturated carbocycles. The topological polar surface area (TPSA) is 59.6 Å². The van der Waals surface area contributed by atoms with Crippen molar-refractivity contribution in [1.29, 1.82) is 0 Å². The van der Waals surface area contributed by atoms with E-state index in [-0.39, 0.29) is 17.2 Å². The number of hydrogen-bond acceptors (Lipinski definition) is 4. The summed E-state index contributed by atoms with van der Waals surface area (Å²) in [5.74, 6) is 2.39. The van der Waals surface area contributed by atoms with Gasteiger partial charge in [-0.3, -0.25) is 4.57 Å². The Kier molecular flexibility index (Phi) is 2.67. The van der Waals surface area contributed by atoms with E-state index in [1.165, 1.54) is 0 Å². The molecule has 0 amide bonds. The largest absolute Gasteiger partial charge is 0.504 e. The molecular weight excluding hydrogens is 338 g/mol. The maximum atomic E-state index is 10.5. The first-order chi connectivity index (χ1) is 13.0. The van der Waals surface area contributed by atoms with Gasteiger partial charge >= 0.3 is 0 Å². The van der Waals surface area contributed by atoms with Crippen molar-refractivity contribution in [3.8, 4) is 11.5 Å². The minimum absolute atomic E-state index is 0.0539. The minimum atomic E-state index is -0.0677. The third-order valence-corrected chi connectivity index (χ3v) is 5.78. The van der Waals surface area contributed by atoms with E-state index in [1.54, 1.807) is 6.07 Å². The number of hydrogen-bond donors (Lipinski definition) is 1. The van der Waals surface area contributed by atoms with Crippen molar-refractivity contribution in [3.05, 3.63) is 59.4 Å². The summed E-state index contributed by atoms with van der Waals surface area (Å²) in [5, 5.41) is 10.5. The molecule has 1 N–H and O–H groups in total. The van der Waals surface area contributed by atoms with Crippen LogP contribution in [-0.4, -0.2) is 20.4 Å². The molecule has 27 heavy (non-hydrogen) atoms. The van der Waals surface area contributed by atoms with Crippen LogP contribution in [0.25, 0.3) is 11.0 Å². The summed E-state index contributed by atoms with van der Waals surface area (Å²) >= 11 is 0. The number of allylic oxidation sites excluding steroid dienone is 2. The molecule has 0 bridgehead atoms. The number of phenols is 1. The molecular formula is C22H19N3O2. The molecule has 1 atom stereocenters. The predicted molar refractivity (Wildman–Crippen MR) is 104 cm³/mol. The summed E-state index contributed by atoms with van der Waals surface area (Å²) in [4.78, 5) is 9.73. The number of aromatic hydroxyl groups is 1. The zero-order valence-corrected chi connectivity index (χ0v) is 15.2. The second-order valence-electron chi connectivity index (χ2n) is 8.38. The number of imidazole rings is 1. The highest BCUT2D eigenvalue weighted by atomic mass is 16.5. The van der Waals surface area contributed by atoms with Crippen molar-refractivity contribution in [2.75, 3.05) is 0 Å².